The summed E-state index contributed by atoms with van der Waals surface area (Å²) in [5.41, 5.74) is -2.28. The van der Waals surface area contributed by atoms with Crippen LogP contribution in [0.2, 0.25) is 5.28 Å². The Morgan fingerprint density at radius 3 is 2.36 bits per heavy atom. The molecule has 14 heavy (non-hydrogen) atoms. The molecule has 1 aromatic rings. The normalized spacial score (nSPS) is 11.6. The fourth-order valence-corrected chi connectivity index (χ4v) is 0.919. The molecule has 0 saturated carbocycles. The second-order valence-electron chi connectivity index (χ2n) is 2.31. The highest BCUT2D eigenvalue weighted by atomic mass is 35.5. The monoisotopic (exact) mass is 226 g/mol. The van der Waals surface area contributed by atoms with Gasteiger partial charge in [-0.2, -0.15) is 13.2 Å². The minimum atomic E-state index is -4.80. The van der Waals surface area contributed by atoms with Crippen LogP contribution in [0.3, 0.4) is 0 Å². The molecular weight excluding hydrogens is 223 g/mol. The van der Waals surface area contributed by atoms with Crippen LogP contribution in [-0.4, -0.2) is 27.1 Å². The third kappa shape index (κ3) is 2.34. The fraction of sp³-hybridized carbons (Fsp3) is 0.200. The van der Waals surface area contributed by atoms with Gasteiger partial charge in [0, 0.05) is 11.7 Å². The predicted octanol–water partition coefficient (Wildman–Crippen LogP) is -0.171. The molecule has 4 nitrogen and oxygen atoms in total. The Hall–Kier alpha value is -0.855. The minimum Gasteiger partial charge on any atom is -0.423 e. The van der Waals surface area contributed by atoms with Gasteiger partial charge in [-0.3, -0.25) is 0 Å². The van der Waals surface area contributed by atoms with Gasteiger partial charge >= 0.3 is 13.3 Å². The largest absolute Gasteiger partial charge is 0.492 e. The molecule has 0 amide bonds. The molecule has 0 aliphatic rings. The average molecular weight is 226 g/mol. The molecule has 0 fully saturated rings. The van der Waals surface area contributed by atoms with Gasteiger partial charge in [0.1, 0.15) is 5.69 Å². The Labute approximate surface area is 81.5 Å². The van der Waals surface area contributed by atoms with E-state index in [0.717, 1.165) is 0 Å². The molecule has 0 unspecified atom stereocenters. The fourth-order valence-electron chi connectivity index (χ4n) is 0.786. The number of hydrogen-bond donors (Lipinski definition) is 2. The van der Waals surface area contributed by atoms with Crippen molar-refractivity contribution in [3.8, 4) is 0 Å². The first-order valence-electron chi connectivity index (χ1n) is 3.28. The molecule has 9 heteroatoms. The van der Waals surface area contributed by atoms with Gasteiger partial charge < -0.3 is 10.0 Å². The molecule has 0 radical (unpaired) electrons. The van der Waals surface area contributed by atoms with Crippen molar-refractivity contribution in [2.45, 2.75) is 6.18 Å². The first-order chi connectivity index (χ1) is 6.32. The van der Waals surface area contributed by atoms with E-state index in [1.54, 1.807) is 0 Å². The van der Waals surface area contributed by atoms with Gasteiger partial charge in [0.2, 0.25) is 5.28 Å². The van der Waals surface area contributed by atoms with Crippen LogP contribution in [0.25, 0.3) is 0 Å². The molecule has 1 aromatic heterocycles. The highest BCUT2D eigenvalue weighted by Gasteiger charge is 2.38. The first-order valence-corrected chi connectivity index (χ1v) is 3.66. The van der Waals surface area contributed by atoms with Crippen LogP contribution in [0.4, 0.5) is 13.2 Å². The van der Waals surface area contributed by atoms with E-state index in [0.29, 0.717) is 6.20 Å². The van der Waals surface area contributed by atoms with Crippen molar-refractivity contribution in [1.29, 1.82) is 0 Å². The van der Waals surface area contributed by atoms with Crippen molar-refractivity contribution in [2.24, 2.45) is 0 Å². The molecule has 0 aromatic carbocycles. The standard InChI is InChI=1S/C5H3BClF3N2O2/c7-4-11-1-2(6(13)14)3(12-4)5(8,9)10/h1,13-14H. The third-order valence-electron chi connectivity index (χ3n) is 1.33. The number of hydrogen-bond acceptors (Lipinski definition) is 4. The molecule has 2 N–H and O–H groups in total. The zero-order valence-electron chi connectivity index (χ0n) is 6.46. The molecule has 0 saturated heterocycles. The summed E-state index contributed by atoms with van der Waals surface area (Å²) in [7, 11) is -2.29. The molecule has 1 rings (SSSR count). The van der Waals surface area contributed by atoms with Crippen LogP contribution in [0.15, 0.2) is 6.20 Å². The van der Waals surface area contributed by atoms with Gasteiger partial charge in [0.25, 0.3) is 0 Å². The minimum absolute atomic E-state index is 0.610. The van der Waals surface area contributed by atoms with Crippen molar-refractivity contribution in [3.63, 3.8) is 0 Å². The molecule has 0 aliphatic heterocycles. The Morgan fingerprint density at radius 2 is 1.93 bits per heavy atom. The highest BCUT2D eigenvalue weighted by Crippen LogP contribution is 2.26. The third-order valence-corrected chi connectivity index (χ3v) is 1.52. The predicted molar refractivity (Wildman–Crippen MR) is 41.9 cm³/mol. The van der Waals surface area contributed by atoms with E-state index in [1.807, 2.05) is 0 Å². The van der Waals surface area contributed by atoms with E-state index < -0.39 is 29.7 Å². The summed E-state index contributed by atoms with van der Waals surface area (Å²) in [5, 5.41) is 16.6. The van der Waals surface area contributed by atoms with Crippen molar-refractivity contribution in [2.75, 3.05) is 0 Å². The van der Waals surface area contributed by atoms with E-state index >= 15 is 0 Å². The lowest BCUT2D eigenvalue weighted by Crippen LogP contribution is -2.37. The summed E-state index contributed by atoms with van der Waals surface area (Å²) in [6.07, 6.45) is -4.19. The van der Waals surface area contributed by atoms with Crippen LogP contribution in [0.1, 0.15) is 5.69 Å². The summed E-state index contributed by atoms with van der Waals surface area (Å²) < 4.78 is 36.7. The Kier molecular flexibility index (Phi) is 2.98. The van der Waals surface area contributed by atoms with E-state index in [4.69, 9.17) is 21.6 Å². The van der Waals surface area contributed by atoms with Gasteiger partial charge in [-0.25, -0.2) is 9.97 Å². The Morgan fingerprint density at radius 1 is 1.36 bits per heavy atom. The molecule has 0 bridgehead atoms. The van der Waals surface area contributed by atoms with E-state index in [-0.39, 0.29) is 0 Å². The van der Waals surface area contributed by atoms with Crippen LogP contribution >= 0.6 is 11.6 Å². The molecule has 76 valence electrons. The van der Waals surface area contributed by atoms with Crippen LogP contribution in [-0.2, 0) is 6.18 Å². The maximum Gasteiger partial charge on any atom is 0.492 e. The van der Waals surface area contributed by atoms with E-state index in [1.165, 1.54) is 0 Å². The Balaban J connectivity index is 3.30. The smallest absolute Gasteiger partial charge is 0.423 e. The second-order valence-corrected chi connectivity index (χ2v) is 2.65. The molecule has 0 aliphatic carbocycles. The van der Waals surface area contributed by atoms with Crippen molar-refractivity contribution in [3.05, 3.63) is 17.2 Å². The van der Waals surface area contributed by atoms with Gasteiger partial charge in [-0.1, -0.05) is 0 Å². The number of aromatic nitrogens is 2. The molecule has 0 atom stereocenters. The lowest BCUT2D eigenvalue weighted by atomic mass is 9.80. The molecule has 0 spiro atoms. The van der Waals surface area contributed by atoms with Crippen LogP contribution in [0, 0.1) is 0 Å². The van der Waals surface area contributed by atoms with Crippen LogP contribution in [0.5, 0.6) is 0 Å². The van der Waals surface area contributed by atoms with Crippen LogP contribution < -0.4 is 5.46 Å². The lowest BCUT2D eigenvalue weighted by Gasteiger charge is -2.10. The van der Waals surface area contributed by atoms with Crippen molar-refractivity contribution in [1.82, 2.24) is 9.97 Å². The maximum absolute atomic E-state index is 12.2. The topological polar surface area (TPSA) is 66.2 Å². The molecule has 1 heterocycles. The average Bonchev–Trinajstić information content (AvgIpc) is 2.01. The van der Waals surface area contributed by atoms with E-state index in [9.17, 15) is 13.2 Å². The highest BCUT2D eigenvalue weighted by molar-refractivity contribution is 6.59. The summed E-state index contributed by atoms with van der Waals surface area (Å²) in [6.45, 7) is 0. The second kappa shape index (κ2) is 3.72. The summed E-state index contributed by atoms with van der Waals surface area (Å²) >= 11 is 5.14. The Bertz CT molecular complexity index is 346. The van der Waals surface area contributed by atoms with Crippen molar-refractivity contribution < 1.29 is 23.2 Å². The summed E-state index contributed by atoms with van der Waals surface area (Å²) in [4.78, 5) is 6.08. The number of rotatable bonds is 1. The number of halogens is 4. The zero-order valence-corrected chi connectivity index (χ0v) is 7.21. The van der Waals surface area contributed by atoms with Gasteiger partial charge in [0.15, 0.2) is 0 Å². The van der Waals surface area contributed by atoms with E-state index in [2.05, 4.69) is 9.97 Å². The van der Waals surface area contributed by atoms with Gasteiger partial charge in [-0.15, -0.1) is 0 Å². The summed E-state index contributed by atoms with van der Waals surface area (Å²) in [6, 6.07) is 0. The lowest BCUT2D eigenvalue weighted by molar-refractivity contribution is -0.140. The van der Waals surface area contributed by atoms with Gasteiger partial charge in [-0.05, 0) is 11.6 Å². The van der Waals surface area contributed by atoms with Gasteiger partial charge in [0.05, 0.1) is 0 Å². The SMILES string of the molecule is OB(O)c1cnc(Cl)nc1C(F)(F)F. The maximum atomic E-state index is 12.2. The quantitative estimate of drug-likeness (QED) is 0.515. The van der Waals surface area contributed by atoms with Crippen molar-refractivity contribution >= 4 is 24.2 Å². The summed E-state index contributed by atoms with van der Waals surface area (Å²) in [5.74, 6) is 0. The molecular formula is C5H3BClF3N2O2. The number of nitrogens with zero attached hydrogens (tertiary/aromatic N) is 2. The zero-order chi connectivity index (χ0) is 10.9. The first kappa shape index (κ1) is 11.2. The number of alkyl halides is 3.